The fraction of sp³-hybridized carbons (Fsp3) is 0.600. The summed E-state index contributed by atoms with van der Waals surface area (Å²) in [7, 11) is 0. The summed E-state index contributed by atoms with van der Waals surface area (Å²) < 4.78 is 19.8. The predicted octanol–water partition coefficient (Wildman–Crippen LogP) is 6.29. The molecule has 0 radical (unpaired) electrons. The molecule has 0 amide bonds. The van der Waals surface area contributed by atoms with Crippen molar-refractivity contribution in [2.45, 2.75) is 90.4 Å². The highest BCUT2D eigenvalue weighted by Gasteiger charge is 2.79. The highest BCUT2D eigenvalue weighted by atomic mass is 16.6. The fourth-order valence-electron chi connectivity index (χ4n) is 7.87. The number of hydrogen-bond donors (Lipinski definition) is 1. The molecule has 0 aromatic heterocycles. The van der Waals surface area contributed by atoms with Gasteiger partial charge < -0.3 is 24.2 Å². The molecule has 7 heteroatoms. The summed E-state index contributed by atoms with van der Waals surface area (Å²) in [6.45, 7) is 15.4. The van der Waals surface area contributed by atoms with Gasteiger partial charge in [0.05, 0.1) is 12.2 Å². The average Bonchev–Trinajstić information content (AvgIpc) is 3.22. The number of Topliss-reactive ketones (excluding diaryl/α,β-unsaturated/α-hetero) is 2. The molecule has 7 nitrogen and oxygen atoms in total. The van der Waals surface area contributed by atoms with Crippen LogP contribution in [0.15, 0.2) is 35.4 Å². The molecule has 1 unspecified atom stereocenters. The van der Waals surface area contributed by atoms with Crippen molar-refractivity contribution < 1.29 is 28.9 Å². The van der Waals surface area contributed by atoms with Crippen LogP contribution in [0.1, 0.15) is 89.6 Å². The molecule has 3 aliphatic carbocycles. The lowest BCUT2D eigenvalue weighted by molar-refractivity contribution is -0.171. The molecule has 2 fully saturated rings. The van der Waals surface area contributed by atoms with E-state index in [1.165, 1.54) is 0 Å². The van der Waals surface area contributed by atoms with Crippen molar-refractivity contribution in [2.24, 2.45) is 17.8 Å². The Balaban J connectivity index is 1.49. The van der Waals surface area contributed by atoms with Gasteiger partial charge in [0.2, 0.25) is 0 Å². The number of carbonyl (C=O) groups excluding carboxylic acids is 2. The topological polar surface area (TPSA) is 85.3 Å². The van der Waals surface area contributed by atoms with Gasteiger partial charge in [-0.25, -0.2) is 0 Å². The van der Waals surface area contributed by atoms with Crippen LogP contribution in [0.4, 0.5) is 0 Å². The summed E-state index contributed by atoms with van der Waals surface area (Å²) in [4.78, 5) is 31.5. The number of carbonyl (C=O) groups is 2. The molecular formula is C35H45NO6. The Hall–Kier alpha value is -2.90. The van der Waals surface area contributed by atoms with E-state index in [0.29, 0.717) is 29.9 Å². The molecule has 5 atom stereocenters. The van der Waals surface area contributed by atoms with Gasteiger partial charge in [-0.15, -0.1) is 0 Å². The number of ketones is 2. The van der Waals surface area contributed by atoms with Crippen LogP contribution in [0.3, 0.4) is 0 Å². The van der Waals surface area contributed by atoms with E-state index in [1.54, 1.807) is 12.1 Å². The van der Waals surface area contributed by atoms with Gasteiger partial charge >= 0.3 is 0 Å². The summed E-state index contributed by atoms with van der Waals surface area (Å²) in [5, 5.41) is 11.4. The fourth-order valence-corrected chi connectivity index (χ4v) is 7.87. The first-order valence-electron chi connectivity index (χ1n) is 15.8. The number of phenolic OH excluding ortho intramolecular Hbond substituents is 1. The largest absolute Gasteiger partial charge is 0.506 e. The van der Waals surface area contributed by atoms with Gasteiger partial charge in [0.25, 0.3) is 0 Å². The van der Waals surface area contributed by atoms with Gasteiger partial charge in [0.1, 0.15) is 28.4 Å². The third kappa shape index (κ3) is 4.14. The molecule has 1 N–H and O–H groups in total. The van der Waals surface area contributed by atoms with Crippen LogP contribution in [0.2, 0.25) is 0 Å². The molecule has 3 heterocycles. The van der Waals surface area contributed by atoms with E-state index in [1.807, 2.05) is 45.9 Å². The maximum Gasteiger partial charge on any atom is 0.200 e. The van der Waals surface area contributed by atoms with E-state index in [-0.39, 0.29) is 40.5 Å². The molecule has 226 valence electrons. The molecule has 1 saturated heterocycles. The number of rotatable bonds is 10. The predicted molar refractivity (Wildman–Crippen MR) is 162 cm³/mol. The molecular weight excluding hydrogens is 530 g/mol. The highest BCUT2D eigenvalue weighted by molar-refractivity contribution is 6.18. The lowest BCUT2D eigenvalue weighted by Crippen LogP contribution is -2.74. The quantitative estimate of drug-likeness (QED) is 0.328. The van der Waals surface area contributed by atoms with E-state index < -0.39 is 22.7 Å². The average molecular weight is 576 g/mol. The molecule has 4 bridgehead atoms. The van der Waals surface area contributed by atoms with Crippen LogP contribution >= 0.6 is 0 Å². The number of hydrogen-bond acceptors (Lipinski definition) is 7. The normalized spacial score (nSPS) is 31.2. The van der Waals surface area contributed by atoms with Crippen molar-refractivity contribution in [3.8, 4) is 17.2 Å². The SMILES string of the molecule is CCCCN(CCCC)C[C@@H]1[C@H]2COC3(CC=C(C)C)C(=O)[C@@H]1C=C1C(=O)c4c(cc5c(c4O)C=CC(C)(C)O5)O[C@]123. The van der Waals surface area contributed by atoms with Crippen molar-refractivity contribution in [3.63, 3.8) is 0 Å². The van der Waals surface area contributed by atoms with Crippen molar-refractivity contribution in [1.82, 2.24) is 4.90 Å². The molecule has 1 aromatic carbocycles. The third-order valence-electron chi connectivity index (χ3n) is 10.0. The van der Waals surface area contributed by atoms with Crippen LogP contribution in [-0.4, -0.2) is 64.6 Å². The number of benzene rings is 1. The van der Waals surface area contributed by atoms with Crippen molar-refractivity contribution >= 4 is 17.6 Å². The van der Waals surface area contributed by atoms with Crippen molar-refractivity contribution in [2.75, 3.05) is 26.2 Å². The Bertz CT molecular complexity index is 1390. The molecule has 6 aliphatic rings. The van der Waals surface area contributed by atoms with Gasteiger partial charge in [0, 0.05) is 36.4 Å². The zero-order chi connectivity index (χ0) is 30.0. The second kappa shape index (κ2) is 10.4. The summed E-state index contributed by atoms with van der Waals surface area (Å²) in [6, 6.07) is 1.72. The second-order valence-corrected chi connectivity index (χ2v) is 13.6. The summed E-state index contributed by atoms with van der Waals surface area (Å²) in [5.74, 6) is -0.347. The van der Waals surface area contributed by atoms with Crippen molar-refractivity contribution in [3.05, 3.63) is 46.6 Å². The van der Waals surface area contributed by atoms with Gasteiger partial charge in [-0.1, -0.05) is 44.4 Å². The number of fused-ring (bicyclic) bond motifs is 2. The van der Waals surface area contributed by atoms with E-state index in [4.69, 9.17) is 14.2 Å². The van der Waals surface area contributed by atoms with Crippen LogP contribution in [0.5, 0.6) is 17.2 Å². The van der Waals surface area contributed by atoms with E-state index in [2.05, 4.69) is 18.7 Å². The third-order valence-corrected chi connectivity index (χ3v) is 10.0. The standard InChI is InChI=1S/C35H45NO6/c1-7-9-15-36(16-10-8-2)19-24-23-17-25-31(38)29-28(18-27-22(30(29)37)12-13-33(5,6)41-27)42-35(25)26(24)20-40-34(35,32(23)39)14-11-21(3)4/h11-13,17-18,23-24,26,37H,7-10,14-16,19-20H2,1-6H3/t23-,24+,26-,34?,35-/m1/s1. The first-order chi connectivity index (χ1) is 20.0. The first kappa shape index (κ1) is 29.2. The van der Waals surface area contributed by atoms with Gasteiger partial charge in [-0.2, -0.15) is 0 Å². The Kier molecular flexibility index (Phi) is 7.21. The molecule has 1 saturated carbocycles. The molecule has 1 spiro atoms. The molecule has 7 rings (SSSR count). The molecule has 3 aliphatic heterocycles. The first-order valence-corrected chi connectivity index (χ1v) is 15.8. The number of phenols is 1. The second-order valence-electron chi connectivity index (χ2n) is 13.6. The van der Waals surface area contributed by atoms with Crippen LogP contribution in [0.25, 0.3) is 6.08 Å². The van der Waals surface area contributed by atoms with Gasteiger partial charge in [0.15, 0.2) is 22.8 Å². The Morgan fingerprint density at radius 3 is 2.48 bits per heavy atom. The van der Waals surface area contributed by atoms with E-state index >= 15 is 0 Å². The van der Waals surface area contributed by atoms with Gasteiger partial charge in [-0.3, -0.25) is 9.59 Å². The maximum atomic E-state index is 14.6. The molecule has 42 heavy (non-hydrogen) atoms. The van der Waals surface area contributed by atoms with Crippen LogP contribution in [0, 0.1) is 17.8 Å². The minimum absolute atomic E-state index is 0.00665. The van der Waals surface area contributed by atoms with E-state index in [9.17, 15) is 14.7 Å². The Morgan fingerprint density at radius 1 is 1.10 bits per heavy atom. The lowest BCUT2D eigenvalue weighted by atomic mass is 9.49. The van der Waals surface area contributed by atoms with Crippen LogP contribution in [-0.2, 0) is 9.53 Å². The monoisotopic (exact) mass is 575 g/mol. The number of aromatic hydroxyl groups is 1. The minimum Gasteiger partial charge on any atom is -0.506 e. The Morgan fingerprint density at radius 2 is 1.81 bits per heavy atom. The maximum absolute atomic E-state index is 14.6. The van der Waals surface area contributed by atoms with E-state index in [0.717, 1.165) is 50.9 Å². The molecule has 1 aromatic rings. The van der Waals surface area contributed by atoms with Crippen molar-refractivity contribution in [1.29, 1.82) is 0 Å². The summed E-state index contributed by atoms with van der Waals surface area (Å²) >= 11 is 0. The highest BCUT2D eigenvalue weighted by Crippen LogP contribution is 2.65. The number of allylic oxidation sites excluding steroid dienone is 2. The smallest absolute Gasteiger partial charge is 0.200 e. The summed E-state index contributed by atoms with van der Waals surface area (Å²) in [5.41, 5.74) is -0.987. The minimum atomic E-state index is -1.29. The van der Waals surface area contributed by atoms with Crippen LogP contribution < -0.4 is 9.47 Å². The Labute approximate surface area is 249 Å². The zero-order valence-electron chi connectivity index (χ0n) is 25.9. The number of ether oxygens (including phenoxy) is 3. The lowest BCUT2D eigenvalue weighted by Gasteiger charge is -2.58. The van der Waals surface area contributed by atoms with Gasteiger partial charge in [-0.05, 0) is 71.7 Å². The number of nitrogens with zero attached hydrogens (tertiary/aromatic N) is 1. The number of unbranched alkanes of at least 4 members (excludes halogenated alkanes) is 2. The summed E-state index contributed by atoms with van der Waals surface area (Å²) in [6.07, 6.45) is 12.3. The zero-order valence-corrected chi connectivity index (χ0v) is 25.9.